The Kier molecular flexibility index (Phi) is 6.14. The van der Waals surface area contributed by atoms with E-state index in [1.54, 1.807) is 0 Å². The molecule has 2 rings (SSSR count). The van der Waals surface area contributed by atoms with Gasteiger partial charge < -0.3 is 10.2 Å². The molecule has 1 N–H and O–H groups in total. The summed E-state index contributed by atoms with van der Waals surface area (Å²) < 4.78 is 0. The SMILES string of the molecule is CCN(CC(=O)N1CCCNCC1)Cc1cccc(C)n1. The molecule has 0 atom stereocenters. The Morgan fingerprint density at radius 3 is 3.00 bits per heavy atom. The monoisotopic (exact) mass is 290 g/mol. The summed E-state index contributed by atoms with van der Waals surface area (Å²) in [6, 6.07) is 6.04. The number of amides is 1. The van der Waals surface area contributed by atoms with Gasteiger partial charge in [0.2, 0.25) is 5.91 Å². The fourth-order valence-corrected chi connectivity index (χ4v) is 2.58. The maximum absolute atomic E-state index is 12.4. The van der Waals surface area contributed by atoms with Gasteiger partial charge in [0.25, 0.3) is 0 Å². The van der Waals surface area contributed by atoms with Crippen molar-refractivity contribution in [1.82, 2.24) is 20.1 Å². The number of hydrogen-bond donors (Lipinski definition) is 1. The summed E-state index contributed by atoms with van der Waals surface area (Å²) in [6.07, 6.45) is 1.04. The maximum atomic E-state index is 12.4. The van der Waals surface area contributed by atoms with Crippen LogP contribution >= 0.6 is 0 Å². The lowest BCUT2D eigenvalue weighted by Gasteiger charge is -2.25. The van der Waals surface area contributed by atoms with Gasteiger partial charge in [0, 0.05) is 31.9 Å². The number of aromatic nitrogens is 1. The molecule has 1 saturated heterocycles. The molecule has 0 spiro atoms. The van der Waals surface area contributed by atoms with Crippen molar-refractivity contribution in [2.45, 2.75) is 26.8 Å². The number of hydrogen-bond acceptors (Lipinski definition) is 4. The van der Waals surface area contributed by atoms with E-state index in [2.05, 4.69) is 22.1 Å². The van der Waals surface area contributed by atoms with Crippen LogP contribution in [0.1, 0.15) is 24.7 Å². The van der Waals surface area contributed by atoms with Gasteiger partial charge in [0.15, 0.2) is 0 Å². The van der Waals surface area contributed by atoms with Crippen LogP contribution in [-0.2, 0) is 11.3 Å². The van der Waals surface area contributed by atoms with Gasteiger partial charge >= 0.3 is 0 Å². The molecule has 5 heteroatoms. The number of pyridine rings is 1. The van der Waals surface area contributed by atoms with Gasteiger partial charge in [0.05, 0.1) is 12.2 Å². The van der Waals surface area contributed by atoms with Gasteiger partial charge in [-0.25, -0.2) is 0 Å². The molecule has 0 unspecified atom stereocenters. The average Bonchev–Trinajstić information content (AvgIpc) is 2.75. The Hall–Kier alpha value is -1.46. The van der Waals surface area contributed by atoms with E-state index in [0.29, 0.717) is 6.54 Å². The number of carbonyl (C=O) groups excluding carboxylic acids is 1. The molecule has 1 fully saturated rings. The van der Waals surface area contributed by atoms with Crippen molar-refractivity contribution in [3.05, 3.63) is 29.6 Å². The third-order valence-corrected chi connectivity index (χ3v) is 3.83. The van der Waals surface area contributed by atoms with Crippen LogP contribution in [0.25, 0.3) is 0 Å². The second-order valence-electron chi connectivity index (χ2n) is 5.56. The van der Waals surface area contributed by atoms with E-state index in [4.69, 9.17) is 0 Å². The van der Waals surface area contributed by atoms with Gasteiger partial charge in [-0.05, 0) is 38.6 Å². The predicted octanol–water partition coefficient (Wildman–Crippen LogP) is 1.03. The largest absolute Gasteiger partial charge is 0.340 e. The highest BCUT2D eigenvalue weighted by Crippen LogP contribution is 2.05. The Morgan fingerprint density at radius 2 is 2.24 bits per heavy atom. The first-order valence-electron chi connectivity index (χ1n) is 7.82. The molecule has 116 valence electrons. The predicted molar refractivity (Wildman–Crippen MR) is 84.0 cm³/mol. The van der Waals surface area contributed by atoms with E-state index >= 15 is 0 Å². The number of nitrogens with one attached hydrogen (secondary N) is 1. The molecule has 1 aromatic rings. The molecule has 0 aromatic carbocycles. The van der Waals surface area contributed by atoms with E-state index in [0.717, 1.165) is 57.1 Å². The van der Waals surface area contributed by atoms with Crippen molar-refractivity contribution in [3.63, 3.8) is 0 Å². The van der Waals surface area contributed by atoms with E-state index in [1.807, 2.05) is 30.0 Å². The lowest BCUT2D eigenvalue weighted by atomic mass is 10.3. The zero-order valence-electron chi connectivity index (χ0n) is 13.1. The first-order valence-corrected chi connectivity index (χ1v) is 7.82. The van der Waals surface area contributed by atoms with E-state index < -0.39 is 0 Å². The minimum absolute atomic E-state index is 0.230. The van der Waals surface area contributed by atoms with E-state index in [9.17, 15) is 4.79 Å². The minimum Gasteiger partial charge on any atom is -0.340 e. The molecule has 5 nitrogen and oxygen atoms in total. The summed E-state index contributed by atoms with van der Waals surface area (Å²) in [4.78, 5) is 21.1. The van der Waals surface area contributed by atoms with Crippen molar-refractivity contribution in [2.24, 2.45) is 0 Å². The highest BCUT2D eigenvalue weighted by Gasteiger charge is 2.18. The number of rotatable bonds is 5. The molecule has 21 heavy (non-hydrogen) atoms. The van der Waals surface area contributed by atoms with Crippen LogP contribution < -0.4 is 5.32 Å². The van der Waals surface area contributed by atoms with Gasteiger partial charge in [-0.1, -0.05) is 13.0 Å². The fourth-order valence-electron chi connectivity index (χ4n) is 2.58. The third kappa shape index (κ3) is 5.10. The second kappa shape index (κ2) is 8.10. The van der Waals surface area contributed by atoms with E-state index in [-0.39, 0.29) is 5.91 Å². The van der Waals surface area contributed by atoms with Gasteiger partial charge in [-0.2, -0.15) is 0 Å². The Balaban J connectivity index is 1.90. The van der Waals surface area contributed by atoms with Crippen LogP contribution in [0.15, 0.2) is 18.2 Å². The Labute approximate surface area is 127 Å². The Morgan fingerprint density at radius 1 is 1.38 bits per heavy atom. The number of aryl methyl sites for hydroxylation is 1. The normalized spacial score (nSPS) is 16.0. The number of carbonyl (C=O) groups is 1. The first kappa shape index (κ1) is 15.9. The number of nitrogens with zero attached hydrogens (tertiary/aromatic N) is 3. The molecular formula is C16H26N4O. The summed E-state index contributed by atoms with van der Waals surface area (Å²) in [7, 11) is 0. The van der Waals surface area contributed by atoms with Crippen LogP contribution in [0.3, 0.4) is 0 Å². The average molecular weight is 290 g/mol. The summed E-state index contributed by atoms with van der Waals surface area (Å²) in [5.74, 6) is 0.230. The Bertz CT molecular complexity index is 455. The molecule has 0 radical (unpaired) electrons. The molecule has 1 aliphatic heterocycles. The summed E-state index contributed by atoms with van der Waals surface area (Å²) in [5.41, 5.74) is 2.05. The zero-order valence-corrected chi connectivity index (χ0v) is 13.1. The summed E-state index contributed by atoms with van der Waals surface area (Å²) in [5, 5.41) is 3.33. The summed E-state index contributed by atoms with van der Waals surface area (Å²) >= 11 is 0. The molecule has 2 heterocycles. The van der Waals surface area contributed by atoms with Crippen molar-refractivity contribution in [3.8, 4) is 0 Å². The molecule has 0 saturated carbocycles. The standard InChI is InChI=1S/C16H26N4O/c1-3-19(12-15-7-4-6-14(2)18-15)13-16(21)20-10-5-8-17-9-11-20/h4,6-7,17H,3,5,8-13H2,1-2H3. The molecule has 1 amide bonds. The minimum atomic E-state index is 0.230. The van der Waals surface area contributed by atoms with Crippen molar-refractivity contribution >= 4 is 5.91 Å². The molecule has 0 bridgehead atoms. The van der Waals surface area contributed by atoms with Gasteiger partial charge in [-0.15, -0.1) is 0 Å². The topological polar surface area (TPSA) is 48.5 Å². The molecule has 1 aromatic heterocycles. The van der Waals surface area contributed by atoms with Crippen LogP contribution in [0.5, 0.6) is 0 Å². The lowest BCUT2D eigenvalue weighted by molar-refractivity contribution is -0.132. The van der Waals surface area contributed by atoms with Gasteiger partial charge in [-0.3, -0.25) is 14.7 Å². The second-order valence-corrected chi connectivity index (χ2v) is 5.56. The fraction of sp³-hybridized carbons (Fsp3) is 0.625. The highest BCUT2D eigenvalue weighted by atomic mass is 16.2. The zero-order chi connectivity index (χ0) is 15.1. The van der Waals surface area contributed by atoms with Crippen LogP contribution in [0, 0.1) is 6.92 Å². The highest BCUT2D eigenvalue weighted by molar-refractivity contribution is 5.78. The van der Waals surface area contributed by atoms with E-state index in [1.165, 1.54) is 0 Å². The van der Waals surface area contributed by atoms with Crippen molar-refractivity contribution in [1.29, 1.82) is 0 Å². The quantitative estimate of drug-likeness (QED) is 0.880. The molecule has 0 aliphatic carbocycles. The van der Waals surface area contributed by atoms with Crippen LogP contribution in [-0.4, -0.2) is 60.0 Å². The first-order chi connectivity index (χ1) is 10.2. The smallest absolute Gasteiger partial charge is 0.236 e. The molecular weight excluding hydrogens is 264 g/mol. The van der Waals surface area contributed by atoms with Gasteiger partial charge in [0.1, 0.15) is 0 Å². The third-order valence-electron chi connectivity index (χ3n) is 3.83. The van der Waals surface area contributed by atoms with Crippen molar-refractivity contribution < 1.29 is 4.79 Å². The molecule has 1 aliphatic rings. The summed E-state index contributed by atoms with van der Waals surface area (Å²) in [6.45, 7) is 9.74. The number of likely N-dealkylation sites (N-methyl/N-ethyl adjacent to an activating group) is 1. The lowest BCUT2D eigenvalue weighted by Crippen LogP contribution is -2.41. The van der Waals surface area contributed by atoms with Crippen LogP contribution in [0.4, 0.5) is 0 Å². The maximum Gasteiger partial charge on any atom is 0.236 e. The van der Waals surface area contributed by atoms with Crippen LogP contribution in [0.2, 0.25) is 0 Å². The van der Waals surface area contributed by atoms with Crippen molar-refractivity contribution in [2.75, 3.05) is 39.3 Å².